The van der Waals surface area contributed by atoms with Crippen LogP contribution < -0.4 is 5.32 Å². The highest BCUT2D eigenvalue weighted by atomic mass is 32.2. The molecule has 3 heterocycles. The molecule has 1 saturated heterocycles. The number of rotatable bonds is 4. The van der Waals surface area contributed by atoms with Crippen molar-refractivity contribution in [3.05, 3.63) is 36.3 Å². The molecule has 0 radical (unpaired) electrons. The van der Waals surface area contributed by atoms with Crippen LogP contribution >= 0.6 is 0 Å². The van der Waals surface area contributed by atoms with Crippen LogP contribution in [0.3, 0.4) is 0 Å². The molecule has 0 aliphatic carbocycles. The monoisotopic (exact) mass is 391 g/mol. The van der Waals surface area contributed by atoms with E-state index < -0.39 is 10.0 Å². The number of hydrogen-bond donors (Lipinski definition) is 2. The smallest absolute Gasteiger partial charge is 0.244 e. The Bertz CT molecular complexity index is 895. The van der Waals surface area contributed by atoms with Crippen LogP contribution in [0.15, 0.2) is 35.5 Å². The van der Waals surface area contributed by atoms with Gasteiger partial charge in [0.05, 0.1) is 0 Å². The number of carbonyl (C=O) groups is 1. The fourth-order valence-corrected chi connectivity index (χ4v) is 4.44. The first kappa shape index (κ1) is 19.5. The summed E-state index contributed by atoms with van der Waals surface area (Å²) >= 11 is 0. The molecule has 27 heavy (non-hydrogen) atoms. The van der Waals surface area contributed by atoms with E-state index in [4.69, 9.17) is 0 Å². The lowest BCUT2D eigenvalue weighted by molar-refractivity contribution is -0.120. The fraction of sp³-hybridized carbons (Fsp3) is 0.500. The van der Waals surface area contributed by atoms with E-state index in [-0.39, 0.29) is 22.1 Å². The standard InChI is InChI=1S/C18H25N5O3S/c1-18(2,3)15-11-16(22-21-15)20-17(24)13-6-9-23(10-7-13)27(25,26)14-5-4-8-19-12-14/h4-5,8,11-13H,6-7,9-10H2,1-3H3,(H2,20,21,22,24). The van der Waals surface area contributed by atoms with E-state index in [9.17, 15) is 13.2 Å². The minimum atomic E-state index is -3.56. The number of nitrogens with one attached hydrogen (secondary N) is 2. The van der Waals surface area contributed by atoms with E-state index in [2.05, 4.69) is 41.3 Å². The summed E-state index contributed by atoms with van der Waals surface area (Å²) in [6.07, 6.45) is 3.83. The summed E-state index contributed by atoms with van der Waals surface area (Å²) in [4.78, 5) is 16.6. The van der Waals surface area contributed by atoms with Crippen LogP contribution in [0.4, 0.5) is 5.82 Å². The molecule has 2 aromatic rings. The molecule has 8 nitrogen and oxygen atoms in total. The van der Waals surface area contributed by atoms with E-state index >= 15 is 0 Å². The van der Waals surface area contributed by atoms with Gasteiger partial charge in [-0.3, -0.25) is 14.9 Å². The topological polar surface area (TPSA) is 108 Å². The van der Waals surface area contributed by atoms with Crippen molar-refractivity contribution >= 4 is 21.7 Å². The second-order valence-electron chi connectivity index (χ2n) is 7.77. The quantitative estimate of drug-likeness (QED) is 0.830. The zero-order valence-corrected chi connectivity index (χ0v) is 16.6. The number of amides is 1. The molecule has 0 atom stereocenters. The number of pyridine rings is 1. The van der Waals surface area contributed by atoms with Gasteiger partial charge in [0.2, 0.25) is 15.9 Å². The number of aromatic nitrogens is 3. The molecule has 1 aliphatic heterocycles. The predicted molar refractivity (Wildman–Crippen MR) is 102 cm³/mol. The minimum Gasteiger partial charge on any atom is -0.309 e. The summed E-state index contributed by atoms with van der Waals surface area (Å²) in [7, 11) is -3.56. The molecule has 9 heteroatoms. The number of piperidine rings is 1. The Morgan fingerprint density at radius 1 is 1.30 bits per heavy atom. The van der Waals surface area contributed by atoms with Crippen molar-refractivity contribution < 1.29 is 13.2 Å². The molecule has 1 fully saturated rings. The van der Waals surface area contributed by atoms with Gasteiger partial charge in [-0.25, -0.2) is 8.42 Å². The van der Waals surface area contributed by atoms with Crippen LogP contribution in [0.25, 0.3) is 0 Å². The summed E-state index contributed by atoms with van der Waals surface area (Å²) in [5.41, 5.74) is 0.859. The van der Waals surface area contributed by atoms with Crippen molar-refractivity contribution in [1.82, 2.24) is 19.5 Å². The molecule has 1 amide bonds. The van der Waals surface area contributed by atoms with Crippen molar-refractivity contribution in [2.75, 3.05) is 18.4 Å². The summed E-state index contributed by atoms with van der Waals surface area (Å²) < 4.78 is 26.7. The Kier molecular flexibility index (Phi) is 5.34. The molecule has 1 aliphatic rings. The van der Waals surface area contributed by atoms with Crippen LogP contribution in [-0.2, 0) is 20.2 Å². The summed E-state index contributed by atoms with van der Waals surface area (Å²) in [6, 6.07) is 4.97. The molecule has 0 saturated carbocycles. The van der Waals surface area contributed by atoms with Crippen molar-refractivity contribution in [2.24, 2.45) is 5.92 Å². The third-order valence-corrected chi connectivity index (χ3v) is 6.62. The van der Waals surface area contributed by atoms with E-state index in [1.165, 1.54) is 22.8 Å². The lowest BCUT2D eigenvalue weighted by atomic mass is 9.92. The van der Waals surface area contributed by atoms with E-state index in [0.29, 0.717) is 31.7 Å². The third-order valence-electron chi connectivity index (χ3n) is 4.73. The number of H-pyrrole nitrogens is 1. The first-order chi connectivity index (χ1) is 12.7. The number of carbonyl (C=O) groups excluding carboxylic acids is 1. The number of aromatic amines is 1. The van der Waals surface area contributed by atoms with Crippen molar-refractivity contribution in [1.29, 1.82) is 0 Å². The zero-order chi connectivity index (χ0) is 19.7. The van der Waals surface area contributed by atoms with E-state index in [1.54, 1.807) is 6.07 Å². The maximum absolute atomic E-state index is 12.6. The highest BCUT2D eigenvalue weighted by molar-refractivity contribution is 7.89. The molecule has 3 rings (SSSR count). The zero-order valence-electron chi connectivity index (χ0n) is 15.8. The van der Waals surface area contributed by atoms with Crippen LogP contribution in [0.1, 0.15) is 39.3 Å². The van der Waals surface area contributed by atoms with Gasteiger partial charge in [-0.2, -0.15) is 9.40 Å². The minimum absolute atomic E-state index is 0.0814. The maximum atomic E-state index is 12.6. The third kappa shape index (κ3) is 4.36. The van der Waals surface area contributed by atoms with Gasteiger partial charge in [-0.15, -0.1) is 0 Å². The van der Waals surface area contributed by atoms with Gasteiger partial charge in [-0.05, 0) is 25.0 Å². The molecule has 0 bridgehead atoms. The molecule has 2 N–H and O–H groups in total. The molecule has 0 aromatic carbocycles. The fourth-order valence-electron chi connectivity index (χ4n) is 3.01. The molecular formula is C18H25N5O3S. The van der Waals surface area contributed by atoms with Gasteiger partial charge in [0.25, 0.3) is 0 Å². The Morgan fingerprint density at radius 2 is 2.00 bits per heavy atom. The summed E-state index contributed by atoms with van der Waals surface area (Å²) in [5.74, 6) is 0.135. The first-order valence-corrected chi connectivity index (χ1v) is 10.4. The molecule has 0 unspecified atom stereocenters. The van der Waals surface area contributed by atoms with E-state index in [0.717, 1.165) is 5.69 Å². The van der Waals surface area contributed by atoms with Crippen LogP contribution in [-0.4, -0.2) is 46.9 Å². The van der Waals surface area contributed by atoms with Gasteiger partial charge >= 0.3 is 0 Å². The predicted octanol–water partition coefficient (Wildman–Crippen LogP) is 2.14. The lowest BCUT2D eigenvalue weighted by Gasteiger charge is -2.30. The van der Waals surface area contributed by atoms with Gasteiger partial charge < -0.3 is 5.32 Å². The van der Waals surface area contributed by atoms with Crippen molar-refractivity contribution in [3.8, 4) is 0 Å². The van der Waals surface area contributed by atoms with Crippen LogP contribution in [0, 0.1) is 5.92 Å². The molecule has 146 valence electrons. The van der Waals surface area contributed by atoms with Crippen molar-refractivity contribution in [3.63, 3.8) is 0 Å². The Balaban J connectivity index is 1.59. The number of sulfonamides is 1. The van der Waals surface area contributed by atoms with Gasteiger partial charge in [0, 0.05) is 48.6 Å². The van der Waals surface area contributed by atoms with Crippen LogP contribution in [0.2, 0.25) is 0 Å². The SMILES string of the molecule is CC(C)(C)c1cc(NC(=O)C2CCN(S(=O)(=O)c3cccnc3)CC2)n[nH]1. The van der Waals surface area contributed by atoms with Crippen molar-refractivity contribution in [2.45, 2.75) is 43.9 Å². The summed E-state index contributed by atoms with van der Waals surface area (Å²) in [5, 5.41) is 9.91. The molecule has 0 spiro atoms. The Morgan fingerprint density at radius 3 is 2.56 bits per heavy atom. The normalized spacial score (nSPS) is 17.0. The van der Waals surface area contributed by atoms with Crippen LogP contribution in [0.5, 0.6) is 0 Å². The average molecular weight is 391 g/mol. The van der Waals surface area contributed by atoms with Gasteiger partial charge in [0.15, 0.2) is 5.82 Å². The highest BCUT2D eigenvalue weighted by Crippen LogP contribution is 2.25. The Labute approximate surface area is 159 Å². The largest absolute Gasteiger partial charge is 0.309 e. The lowest BCUT2D eigenvalue weighted by Crippen LogP contribution is -2.41. The highest BCUT2D eigenvalue weighted by Gasteiger charge is 2.32. The summed E-state index contributed by atoms with van der Waals surface area (Å²) in [6.45, 7) is 6.80. The first-order valence-electron chi connectivity index (χ1n) is 8.95. The number of nitrogens with zero attached hydrogens (tertiary/aromatic N) is 3. The van der Waals surface area contributed by atoms with Gasteiger partial charge in [0.1, 0.15) is 4.90 Å². The van der Waals surface area contributed by atoms with E-state index in [1.807, 2.05) is 6.07 Å². The maximum Gasteiger partial charge on any atom is 0.244 e. The number of anilines is 1. The Hall–Kier alpha value is -2.26. The second kappa shape index (κ2) is 7.40. The molecule has 2 aromatic heterocycles. The number of hydrogen-bond acceptors (Lipinski definition) is 5. The average Bonchev–Trinajstić information content (AvgIpc) is 3.11. The molecular weight excluding hydrogens is 366 g/mol. The second-order valence-corrected chi connectivity index (χ2v) is 9.71. The van der Waals surface area contributed by atoms with Gasteiger partial charge in [-0.1, -0.05) is 20.8 Å².